The summed E-state index contributed by atoms with van der Waals surface area (Å²) in [5.74, 6) is 0.365. The number of fused-ring (bicyclic) bond motifs is 1. The number of rotatable bonds is 5. The monoisotopic (exact) mass is 301 g/mol. The third kappa shape index (κ3) is 3.32. The number of aryl methyl sites for hydroxylation is 1. The van der Waals surface area contributed by atoms with Gasteiger partial charge in [-0.3, -0.25) is 4.79 Å². The first-order valence-electron chi connectivity index (χ1n) is 7.43. The summed E-state index contributed by atoms with van der Waals surface area (Å²) in [4.78, 5) is 16.1. The topological polar surface area (TPSA) is 39.2 Å². The van der Waals surface area contributed by atoms with Crippen molar-refractivity contribution in [2.45, 2.75) is 38.5 Å². The Hall–Kier alpha value is -1.68. The van der Waals surface area contributed by atoms with Crippen molar-refractivity contribution in [3.63, 3.8) is 0 Å². The molecule has 1 aromatic carbocycles. The van der Waals surface area contributed by atoms with E-state index in [1.807, 2.05) is 6.92 Å². The van der Waals surface area contributed by atoms with Crippen LogP contribution in [0.5, 0.6) is 0 Å². The summed E-state index contributed by atoms with van der Waals surface area (Å²) < 4.78 is 4.95. The Kier molecular flexibility index (Phi) is 4.34. The third-order valence-electron chi connectivity index (χ3n) is 3.86. The fraction of sp³-hybridized carbons (Fsp3) is 0.412. The number of carbonyl (C=O) groups excluding carboxylic acids is 1. The minimum Gasteiger partial charge on any atom is -0.466 e. The van der Waals surface area contributed by atoms with Gasteiger partial charge in [-0.05, 0) is 30.9 Å². The van der Waals surface area contributed by atoms with Gasteiger partial charge in [-0.1, -0.05) is 24.3 Å². The molecule has 1 aromatic heterocycles. The average Bonchev–Trinajstić information content (AvgIpc) is 3.11. The van der Waals surface area contributed by atoms with Crippen molar-refractivity contribution in [3.8, 4) is 0 Å². The van der Waals surface area contributed by atoms with E-state index in [1.54, 1.807) is 11.3 Å². The lowest BCUT2D eigenvalue weighted by Gasteiger charge is -2.03. The summed E-state index contributed by atoms with van der Waals surface area (Å²) in [5.41, 5.74) is 3.91. The molecule has 0 amide bonds. The van der Waals surface area contributed by atoms with Crippen molar-refractivity contribution in [1.82, 2.24) is 4.98 Å². The molecule has 0 spiro atoms. The van der Waals surface area contributed by atoms with Crippen molar-refractivity contribution >= 4 is 17.3 Å². The van der Waals surface area contributed by atoms with Crippen molar-refractivity contribution in [2.75, 3.05) is 6.61 Å². The summed E-state index contributed by atoms with van der Waals surface area (Å²) in [6.45, 7) is 2.28. The molecule has 0 atom stereocenters. The van der Waals surface area contributed by atoms with E-state index in [0.29, 0.717) is 25.4 Å². The molecule has 1 heterocycles. The molecule has 0 saturated carbocycles. The molecule has 110 valence electrons. The molecule has 3 nitrogen and oxygen atoms in total. The van der Waals surface area contributed by atoms with Crippen LogP contribution in [0, 0.1) is 0 Å². The van der Waals surface area contributed by atoms with Crippen LogP contribution in [0.2, 0.25) is 0 Å². The molecular formula is C17H19NO2S. The predicted octanol–water partition coefficient (Wildman–Crippen LogP) is 3.52. The van der Waals surface area contributed by atoms with Crippen molar-refractivity contribution < 1.29 is 9.53 Å². The Morgan fingerprint density at radius 3 is 2.71 bits per heavy atom. The first-order chi connectivity index (χ1) is 10.3. The highest BCUT2D eigenvalue weighted by atomic mass is 32.1. The number of hydrogen-bond acceptors (Lipinski definition) is 4. The maximum Gasteiger partial charge on any atom is 0.306 e. The van der Waals surface area contributed by atoms with Crippen LogP contribution >= 0.6 is 11.3 Å². The van der Waals surface area contributed by atoms with Crippen LogP contribution in [0.25, 0.3) is 0 Å². The molecule has 0 radical (unpaired) electrons. The molecule has 3 rings (SSSR count). The van der Waals surface area contributed by atoms with E-state index in [0.717, 1.165) is 18.5 Å². The van der Waals surface area contributed by atoms with Gasteiger partial charge in [-0.15, -0.1) is 11.3 Å². The van der Waals surface area contributed by atoms with Gasteiger partial charge in [0.25, 0.3) is 0 Å². The van der Waals surface area contributed by atoms with Gasteiger partial charge < -0.3 is 4.74 Å². The van der Waals surface area contributed by atoms with Crippen LogP contribution in [0.15, 0.2) is 29.6 Å². The zero-order chi connectivity index (χ0) is 14.7. The van der Waals surface area contributed by atoms with E-state index in [9.17, 15) is 4.79 Å². The van der Waals surface area contributed by atoms with Gasteiger partial charge in [0.05, 0.1) is 23.7 Å². The van der Waals surface area contributed by atoms with E-state index in [4.69, 9.17) is 9.72 Å². The van der Waals surface area contributed by atoms with Gasteiger partial charge in [-0.25, -0.2) is 4.98 Å². The number of thiazole rings is 1. The van der Waals surface area contributed by atoms with Gasteiger partial charge >= 0.3 is 5.97 Å². The van der Waals surface area contributed by atoms with Crippen molar-refractivity contribution in [3.05, 3.63) is 51.5 Å². The van der Waals surface area contributed by atoms with E-state index in [2.05, 4.69) is 29.6 Å². The number of aromatic nitrogens is 1. The summed E-state index contributed by atoms with van der Waals surface area (Å²) in [5, 5.41) is 3.28. The van der Waals surface area contributed by atoms with Crippen LogP contribution < -0.4 is 0 Å². The predicted molar refractivity (Wildman–Crippen MR) is 83.7 cm³/mol. The first-order valence-corrected chi connectivity index (χ1v) is 8.31. The number of carbonyl (C=O) groups is 1. The summed E-state index contributed by atoms with van der Waals surface area (Å²) in [6.07, 6.45) is 3.26. The Morgan fingerprint density at radius 2 is 2.05 bits per heavy atom. The second-order valence-electron chi connectivity index (χ2n) is 5.36. The zero-order valence-corrected chi connectivity index (χ0v) is 13.0. The zero-order valence-electron chi connectivity index (χ0n) is 12.2. The number of hydrogen-bond donors (Lipinski definition) is 0. The molecular weight excluding hydrogens is 282 g/mol. The molecule has 1 aliphatic carbocycles. The molecule has 0 unspecified atom stereocenters. The fourth-order valence-corrected chi connectivity index (χ4v) is 3.78. The van der Waals surface area contributed by atoms with Crippen LogP contribution in [-0.2, 0) is 28.8 Å². The van der Waals surface area contributed by atoms with Crippen molar-refractivity contribution in [2.24, 2.45) is 0 Å². The Bertz CT molecular complexity index is 610. The SMILES string of the molecule is CCOC(=O)CCc1csc(C2Cc3ccccc3C2)n1. The second-order valence-corrected chi connectivity index (χ2v) is 6.25. The van der Waals surface area contributed by atoms with Crippen LogP contribution in [0.4, 0.5) is 0 Å². The minimum absolute atomic E-state index is 0.139. The Balaban J connectivity index is 1.60. The molecule has 0 saturated heterocycles. The average molecular weight is 301 g/mol. The summed E-state index contributed by atoms with van der Waals surface area (Å²) in [7, 11) is 0. The molecule has 0 fully saturated rings. The van der Waals surface area contributed by atoms with E-state index >= 15 is 0 Å². The molecule has 2 aromatic rings. The van der Waals surface area contributed by atoms with Gasteiger partial charge in [-0.2, -0.15) is 0 Å². The third-order valence-corrected chi connectivity index (χ3v) is 4.92. The molecule has 0 aliphatic heterocycles. The lowest BCUT2D eigenvalue weighted by molar-refractivity contribution is -0.143. The number of benzene rings is 1. The normalized spacial score (nSPS) is 14.1. The maximum atomic E-state index is 11.4. The number of esters is 1. The smallest absolute Gasteiger partial charge is 0.306 e. The van der Waals surface area contributed by atoms with E-state index in [-0.39, 0.29) is 5.97 Å². The largest absolute Gasteiger partial charge is 0.466 e. The standard InChI is InChI=1S/C17H19NO2S/c1-2-20-16(19)8-7-15-11-21-17(18-15)14-9-12-5-3-4-6-13(12)10-14/h3-6,11,14H,2,7-10H2,1H3. The maximum absolute atomic E-state index is 11.4. The molecule has 4 heteroatoms. The van der Waals surface area contributed by atoms with Crippen LogP contribution in [0.3, 0.4) is 0 Å². The van der Waals surface area contributed by atoms with E-state index in [1.165, 1.54) is 16.1 Å². The van der Waals surface area contributed by atoms with Crippen LogP contribution in [-0.4, -0.2) is 17.6 Å². The van der Waals surface area contributed by atoms with Gasteiger partial charge in [0.2, 0.25) is 0 Å². The van der Waals surface area contributed by atoms with Crippen LogP contribution in [0.1, 0.15) is 41.1 Å². The Labute approximate surface area is 129 Å². The first kappa shape index (κ1) is 14.3. The fourth-order valence-electron chi connectivity index (χ4n) is 2.82. The molecule has 21 heavy (non-hydrogen) atoms. The van der Waals surface area contributed by atoms with Gasteiger partial charge in [0.15, 0.2) is 0 Å². The highest BCUT2D eigenvalue weighted by Crippen LogP contribution is 2.35. The van der Waals surface area contributed by atoms with E-state index < -0.39 is 0 Å². The molecule has 1 aliphatic rings. The molecule has 0 bridgehead atoms. The lowest BCUT2D eigenvalue weighted by Crippen LogP contribution is -2.05. The quantitative estimate of drug-likeness (QED) is 0.793. The number of ether oxygens (including phenoxy) is 1. The number of nitrogens with zero attached hydrogens (tertiary/aromatic N) is 1. The highest BCUT2D eigenvalue weighted by molar-refractivity contribution is 7.09. The highest BCUT2D eigenvalue weighted by Gasteiger charge is 2.24. The van der Waals surface area contributed by atoms with Gasteiger partial charge in [0.1, 0.15) is 0 Å². The lowest BCUT2D eigenvalue weighted by atomic mass is 10.1. The second kappa shape index (κ2) is 6.39. The molecule has 0 N–H and O–H groups in total. The summed E-state index contributed by atoms with van der Waals surface area (Å²) in [6, 6.07) is 8.64. The Morgan fingerprint density at radius 1 is 1.33 bits per heavy atom. The summed E-state index contributed by atoms with van der Waals surface area (Å²) >= 11 is 1.72. The van der Waals surface area contributed by atoms with Crippen molar-refractivity contribution in [1.29, 1.82) is 0 Å². The van der Waals surface area contributed by atoms with Gasteiger partial charge in [0, 0.05) is 17.7 Å². The minimum atomic E-state index is -0.139.